The molecule has 5 heteroatoms. The standard InChI is InChI=1S/C17H22N4O/c18-16-7-4-9-20(10-8-16)17(22)15-11-19-21(13-15)12-14-5-2-1-3-6-14/h1-3,5-6,11,13,16H,4,7-10,12,18H2/t16-/m0/s1. The van der Waals surface area contributed by atoms with Gasteiger partial charge in [-0.05, 0) is 24.8 Å². The van der Waals surface area contributed by atoms with Gasteiger partial charge in [-0.1, -0.05) is 30.3 Å². The fourth-order valence-electron chi connectivity index (χ4n) is 2.84. The summed E-state index contributed by atoms with van der Waals surface area (Å²) in [5.41, 5.74) is 7.80. The molecule has 22 heavy (non-hydrogen) atoms. The molecule has 1 aliphatic rings. The summed E-state index contributed by atoms with van der Waals surface area (Å²) in [5, 5.41) is 4.31. The summed E-state index contributed by atoms with van der Waals surface area (Å²) in [6, 6.07) is 10.3. The Labute approximate surface area is 130 Å². The predicted octanol–water partition coefficient (Wildman–Crippen LogP) is 1.88. The van der Waals surface area contributed by atoms with Crippen molar-refractivity contribution in [2.45, 2.75) is 31.8 Å². The van der Waals surface area contributed by atoms with E-state index in [1.54, 1.807) is 6.20 Å². The lowest BCUT2D eigenvalue weighted by molar-refractivity contribution is 0.0761. The molecule has 1 aromatic heterocycles. The molecule has 0 spiro atoms. The highest BCUT2D eigenvalue weighted by Crippen LogP contribution is 2.13. The van der Waals surface area contributed by atoms with Crippen LogP contribution < -0.4 is 5.73 Å². The van der Waals surface area contributed by atoms with Crippen LogP contribution in [0.2, 0.25) is 0 Å². The van der Waals surface area contributed by atoms with Gasteiger partial charge < -0.3 is 10.6 Å². The van der Waals surface area contributed by atoms with Crippen LogP contribution in [0.3, 0.4) is 0 Å². The fourth-order valence-corrected chi connectivity index (χ4v) is 2.84. The molecule has 116 valence electrons. The van der Waals surface area contributed by atoms with Gasteiger partial charge in [-0.2, -0.15) is 5.10 Å². The van der Waals surface area contributed by atoms with E-state index in [0.29, 0.717) is 12.1 Å². The van der Waals surface area contributed by atoms with Crippen molar-refractivity contribution in [1.29, 1.82) is 0 Å². The van der Waals surface area contributed by atoms with E-state index in [0.717, 1.165) is 32.4 Å². The Morgan fingerprint density at radius 3 is 2.86 bits per heavy atom. The molecule has 1 amide bonds. The number of aromatic nitrogens is 2. The van der Waals surface area contributed by atoms with E-state index < -0.39 is 0 Å². The number of hydrogen-bond acceptors (Lipinski definition) is 3. The molecule has 1 saturated heterocycles. The number of nitrogens with zero attached hydrogens (tertiary/aromatic N) is 3. The summed E-state index contributed by atoms with van der Waals surface area (Å²) in [6.45, 7) is 2.21. The van der Waals surface area contributed by atoms with E-state index in [1.807, 2.05) is 34.0 Å². The molecule has 0 bridgehead atoms. The van der Waals surface area contributed by atoms with Crippen molar-refractivity contribution in [2.24, 2.45) is 5.73 Å². The zero-order valence-electron chi connectivity index (χ0n) is 12.7. The Kier molecular flexibility index (Phi) is 4.53. The first-order valence-electron chi connectivity index (χ1n) is 7.83. The van der Waals surface area contributed by atoms with E-state index in [-0.39, 0.29) is 11.9 Å². The number of rotatable bonds is 3. The summed E-state index contributed by atoms with van der Waals surface area (Å²) in [7, 11) is 0. The van der Waals surface area contributed by atoms with Crippen LogP contribution in [0.25, 0.3) is 0 Å². The molecule has 0 aliphatic carbocycles. The molecular formula is C17H22N4O. The maximum absolute atomic E-state index is 12.6. The van der Waals surface area contributed by atoms with Gasteiger partial charge in [0.1, 0.15) is 0 Å². The van der Waals surface area contributed by atoms with E-state index in [4.69, 9.17) is 5.73 Å². The minimum absolute atomic E-state index is 0.0633. The number of benzene rings is 1. The minimum Gasteiger partial charge on any atom is -0.338 e. The van der Waals surface area contributed by atoms with Crippen LogP contribution in [-0.2, 0) is 6.54 Å². The summed E-state index contributed by atoms with van der Waals surface area (Å²) in [6.07, 6.45) is 6.35. The van der Waals surface area contributed by atoms with Crippen molar-refractivity contribution < 1.29 is 4.79 Å². The van der Waals surface area contributed by atoms with Crippen molar-refractivity contribution in [2.75, 3.05) is 13.1 Å². The fraction of sp³-hybridized carbons (Fsp3) is 0.412. The highest BCUT2D eigenvalue weighted by atomic mass is 16.2. The minimum atomic E-state index is 0.0633. The quantitative estimate of drug-likeness (QED) is 0.941. The van der Waals surface area contributed by atoms with Crippen LogP contribution in [0.15, 0.2) is 42.7 Å². The first-order chi connectivity index (χ1) is 10.7. The third kappa shape index (κ3) is 3.54. The second kappa shape index (κ2) is 6.75. The van der Waals surface area contributed by atoms with Crippen molar-refractivity contribution in [3.05, 3.63) is 53.9 Å². The van der Waals surface area contributed by atoms with Crippen LogP contribution in [0.4, 0.5) is 0 Å². The second-order valence-electron chi connectivity index (χ2n) is 5.90. The van der Waals surface area contributed by atoms with E-state index in [9.17, 15) is 4.79 Å². The van der Waals surface area contributed by atoms with Crippen molar-refractivity contribution in [1.82, 2.24) is 14.7 Å². The average Bonchev–Trinajstić information content (AvgIpc) is 2.88. The maximum atomic E-state index is 12.6. The Bertz CT molecular complexity index is 623. The SMILES string of the molecule is N[C@H]1CCCN(C(=O)c2cnn(Cc3ccccc3)c2)CC1. The topological polar surface area (TPSA) is 64.2 Å². The molecule has 2 aromatic rings. The molecule has 1 atom stereocenters. The van der Waals surface area contributed by atoms with Gasteiger partial charge in [0.15, 0.2) is 0 Å². The third-order valence-electron chi connectivity index (χ3n) is 4.13. The van der Waals surface area contributed by atoms with Crippen molar-refractivity contribution in [3.8, 4) is 0 Å². The third-order valence-corrected chi connectivity index (χ3v) is 4.13. The molecule has 1 aromatic carbocycles. The number of nitrogens with two attached hydrogens (primary N) is 1. The lowest BCUT2D eigenvalue weighted by Crippen LogP contribution is -2.32. The summed E-state index contributed by atoms with van der Waals surface area (Å²) in [5.74, 6) is 0.0633. The van der Waals surface area contributed by atoms with E-state index in [1.165, 1.54) is 5.56 Å². The lowest BCUT2D eigenvalue weighted by Gasteiger charge is -2.19. The number of hydrogen-bond donors (Lipinski definition) is 1. The van der Waals surface area contributed by atoms with Gasteiger partial charge in [0.05, 0.1) is 18.3 Å². The van der Waals surface area contributed by atoms with Crippen LogP contribution in [0, 0.1) is 0 Å². The van der Waals surface area contributed by atoms with E-state index in [2.05, 4.69) is 17.2 Å². The van der Waals surface area contributed by atoms with Gasteiger partial charge in [0, 0.05) is 25.3 Å². The lowest BCUT2D eigenvalue weighted by atomic mass is 10.1. The molecule has 0 saturated carbocycles. The Morgan fingerprint density at radius 2 is 2.05 bits per heavy atom. The van der Waals surface area contributed by atoms with Gasteiger partial charge >= 0.3 is 0 Å². The summed E-state index contributed by atoms with van der Waals surface area (Å²) < 4.78 is 1.81. The molecule has 2 heterocycles. The van der Waals surface area contributed by atoms with Crippen LogP contribution in [0.5, 0.6) is 0 Å². The van der Waals surface area contributed by atoms with Gasteiger partial charge in [0.25, 0.3) is 5.91 Å². The zero-order chi connectivity index (χ0) is 15.4. The van der Waals surface area contributed by atoms with Crippen molar-refractivity contribution in [3.63, 3.8) is 0 Å². The largest absolute Gasteiger partial charge is 0.338 e. The smallest absolute Gasteiger partial charge is 0.257 e. The summed E-state index contributed by atoms with van der Waals surface area (Å²) in [4.78, 5) is 14.5. The van der Waals surface area contributed by atoms with E-state index >= 15 is 0 Å². The first-order valence-corrected chi connectivity index (χ1v) is 7.83. The molecule has 3 rings (SSSR count). The van der Waals surface area contributed by atoms with Crippen LogP contribution in [0.1, 0.15) is 35.2 Å². The monoisotopic (exact) mass is 298 g/mol. The normalized spacial score (nSPS) is 19.0. The molecule has 5 nitrogen and oxygen atoms in total. The molecule has 1 aliphatic heterocycles. The predicted molar refractivity (Wildman–Crippen MR) is 85.5 cm³/mol. The summed E-state index contributed by atoms with van der Waals surface area (Å²) >= 11 is 0. The number of amides is 1. The molecule has 2 N–H and O–H groups in total. The molecular weight excluding hydrogens is 276 g/mol. The molecule has 0 radical (unpaired) electrons. The Balaban J connectivity index is 1.66. The van der Waals surface area contributed by atoms with Gasteiger partial charge in [0.2, 0.25) is 0 Å². The maximum Gasteiger partial charge on any atom is 0.257 e. The Hall–Kier alpha value is -2.14. The molecule has 1 fully saturated rings. The van der Waals surface area contributed by atoms with Crippen LogP contribution >= 0.6 is 0 Å². The van der Waals surface area contributed by atoms with Crippen molar-refractivity contribution >= 4 is 5.91 Å². The van der Waals surface area contributed by atoms with Gasteiger partial charge in [-0.15, -0.1) is 0 Å². The highest BCUT2D eigenvalue weighted by molar-refractivity contribution is 5.93. The first kappa shape index (κ1) is 14.8. The highest BCUT2D eigenvalue weighted by Gasteiger charge is 2.20. The number of carbonyl (C=O) groups excluding carboxylic acids is 1. The Morgan fingerprint density at radius 1 is 1.23 bits per heavy atom. The number of likely N-dealkylation sites (tertiary alicyclic amines) is 1. The second-order valence-corrected chi connectivity index (χ2v) is 5.90. The number of carbonyl (C=O) groups is 1. The molecule has 0 unspecified atom stereocenters. The average molecular weight is 298 g/mol. The van der Waals surface area contributed by atoms with Gasteiger partial charge in [-0.3, -0.25) is 9.48 Å². The van der Waals surface area contributed by atoms with Crippen LogP contribution in [-0.4, -0.2) is 39.7 Å². The van der Waals surface area contributed by atoms with Gasteiger partial charge in [-0.25, -0.2) is 0 Å². The zero-order valence-corrected chi connectivity index (χ0v) is 12.7.